The zero-order chi connectivity index (χ0) is 17.2. The third-order valence-electron chi connectivity index (χ3n) is 4.35. The van der Waals surface area contributed by atoms with Gasteiger partial charge in [-0.25, -0.2) is 0 Å². The monoisotopic (exact) mass is 373 g/mol. The summed E-state index contributed by atoms with van der Waals surface area (Å²) >= 11 is 3.13. The van der Waals surface area contributed by atoms with E-state index >= 15 is 0 Å². The highest BCUT2D eigenvalue weighted by atomic mass is 32.1. The molecule has 0 bridgehead atoms. The van der Waals surface area contributed by atoms with Crippen molar-refractivity contribution in [1.29, 1.82) is 0 Å². The minimum absolute atomic E-state index is 0.0623. The SMILES string of the molecule is CC(C(=O)N(Cc1cncs1)Cc1cncs1)n1ccc(C2CC2)n1. The Kier molecular flexibility index (Phi) is 4.63. The van der Waals surface area contributed by atoms with Crippen molar-refractivity contribution in [2.45, 2.75) is 44.8 Å². The van der Waals surface area contributed by atoms with Gasteiger partial charge in [0.1, 0.15) is 6.04 Å². The number of carbonyl (C=O) groups excluding carboxylic acids is 1. The third-order valence-corrected chi connectivity index (χ3v) is 5.88. The lowest BCUT2D eigenvalue weighted by Crippen LogP contribution is -2.35. The van der Waals surface area contributed by atoms with Crippen molar-refractivity contribution in [3.63, 3.8) is 0 Å². The number of hydrogen-bond donors (Lipinski definition) is 0. The maximum absolute atomic E-state index is 13.1. The molecule has 1 unspecified atom stereocenters. The van der Waals surface area contributed by atoms with E-state index in [2.05, 4.69) is 15.1 Å². The Morgan fingerprint density at radius 3 is 2.40 bits per heavy atom. The second-order valence-corrected chi connectivity index (χ2v) is 8.24. The fraction of sp³-hybridized carbons (Fsp3) is 0.412. The van der Waals surface area contributed by atoms with Crippen LogP contribution in [0.2, 0.25) is 0 Å². The van der Waals surface area contributed by atoms with Crippen LogP contribution in [0.4, 0.5) is 0 Å². The molecule has 1 atom stereocenters. The molecule has 25 heavy (non-hydrogen) atoms. The number of amides is 1. The average molecular weight is 374 g/mol. The highest BCUT2D eigenvalue weighted by Crippen LogP contribution is 2.39. The number of aromatic nitrogens is 4. The second kappa shape index (κ2) is 7.05. The van der Waals surface area contributed by atoms with Crippen LogP contribution in [-0.2, 0) is 17.9 Å². The third kappa shape index (κ3) is 3.80. The van der Waals surface area contributed by atoms with Crippen LogP contribution in [0.25, 0.3) is 0 Å². The van der Waals surface area contributed by atoms with Gasteiger partial charge in [-0.15, -0.1) is 22.7 Å². The Labute approximate surface area is 154 Å². The molecule has 1 amide bonds. The predicted octanol–water partition coefficient (Wildman–Crippen LogP) is 3.46. The molecule has 0 aliphatic heterocycles. The van der Waals surface area contributed by atoms with E-state index < -0.39 is 0 Å². The summed E-state index contributed by atoms with van der Waals surface area (Å²) in [5.74, 6) is 0.654. The summed E-state index contributed by atoms with van der Waals surface area (Å²) in [4.78, 5) is 25.4. The topological polar surface area (TPSA) is 63.9 Å². The molecular formula is C17H19N5OS2. The molecule has 0 aromatic carbocycles. The van der Waals surface area contributed by atoms with E-state index in [1.807, 2.05) is 36.5 Å². The van der Waals surface area contributed by atoms with Crippen molar-refractivity contribution in [2.24, 2.45) is 0 Å². The number of rotatable bonds is 7. The highest BCUT2D eigenvalue weighted by molar-refractivity contribution is 7.09. The van der Waals surface area contributed by atoms with Crippen LogP contribution >= 0.6 is 22.7 Å². The van der Waals surface area contributed by atoms with Crippen molar-refractivity contribution >= 4 is 28.6 Å². The van der Waals surface area contributed by atoms with Crippen LogP contribution in [0.1, 0.15) is 47.2 Å². The summed E-state index contributed by atoms with van der Waals surface area (Å²) in [5.41, 5.74) is 4.70. The predicted molar refractivity (Wildman–Crippen MR) is 97.4 cm³/mol. The van der Waals surface area contributed by atoms with Crippen molar-refractivity contribution in [2.75, 3.05) is 0 Å². The van der Waals surface area contributed by atoms with Gasteiger partial charge in [-0.2, -0.15) is 5.10 Å². The first-order valence-corrected chi connectivity index (χ1v) is 10.0. The van der Waals surface area contributed by atoms with Crippen LogP contribution < -0.4 is 0 Å². The Bertz CT molecular complexity index is 787. The van der Waals surface area contributed by atoms with Crippen molar-refractivity contribution in [1.82, 2.24) is 24.6 Å². The Morgan fingerprint density at radius 1 is 1.24 bits per heavy atom. The molecular weight excluding hydrogens is 354 g/mol. The van der Waals surface area contributed by atoms with Crippen LogP contribution in [-0.4, -0.2) is 30.6 Å². The number of hydrogen-bond acceptors (Lipinski definition) is 6. The summed E-state index contributed by atoms with van der Waals surface area (Å²) < 4.78 is 1.79. The normalized spacial score (nSPS) is 15.2. The molecule has 3 heterocycles. The molecule has 3 aromatic rings. The van der Waals surface area contributed by atoms with Crippen LogP contribution in [0.15, 0.2) is 35.7 Å². The van der Waals surface area contributed by atoms with E-state index in [1.54, 1.807) is 38.4 Å². The van der Waals surface area contributed by atoms with E-state index in [9.17, 15) is 4.79 Å². The first-order chi connectivity index (χ1) is 12.2. The van der Waals surface area contributed by atoms with E-state index in [0.717, 1.165) is 15.4 Å². The van der Waals surface area contributed by atoms with Crippen LogP contribution in [0.3, 0.4) is 0 Å². The van der Waals surface area contributed by atoms with Gasteiger partial charge in [-0.05, 0) is 25.8 Å². The average Bonchev–Trinajstić information content (AvgIpc) is 3.05. The summed E-state index contributed by atoms with van der Waals surface area (Å²) in [6.45, 7) is 3.03. The van der Waals surface area contributed by atoms with Gasteiger partial charge in [0.15, 0.2) is 0 Å². The summed E-state index contributed by atoms with van der Waals surface area (Å²) in [7, 11) is 0. The standard InChI is InChI=1S/C17H19N5OS2/c1-12(22-5-4-16(20-22)13-2-3-13)17(23)21(8-14-6-18-10-24-14)9-15-7-19-11-25-15/h4-7,10-13H,2-3,8-9H2,1H3. The summed E-state index contributed by atoms with van der Waals surface area (Å²) in [6, 6.07) is 1.71. The first-order valence-electron chi connectivity index (χ1n) is 8.29. The molecule has 1 fully saturated rings. The molecule has 1 aliphatic rings. The zero-order valence-electron chi connectivity index (χ0n) is 13.9. The zero-order valence-corrected chi connectivity index (χ0v) is 15.5. The summed E-state index contributed by atoms with van der Waals surface area (Å²) in [6.07, 6.45) is 7.99. The Hall–Kier alpha value is -2.06. The quantitative estimate of drug-likeness (QED) is 0.636. The number of thiazole rings is 2. The first kappa shape index (κ1) is 16.4. The second-order valence-electron chi connectivity index (χ2n) is 6.30. The Balaban J connectivity index is 1.52. The van der Waals surface area contributed by atoms with Crippen molar-refractivity contribution < 1.29 is 4.79 Å². The molecule has 8 heteroatoms. The van der Waals surface area contributed by atoms with Gasteiger partial charge >= 0.3 is 0 Å². The smallest absolute Gasteiger partial charge is 0.247 e. The molecule has 0 spiro atoms. The fourth-order valence-electron chi connectivity index (χ4n) is 2.77. The molecule has 3 aromatic heterocycles. The highest BCUT2D eigenvalue weighted by Gasteiger charge is 2.28. The molecule has 6 nitrogen and oxygen atoms in total. The van der Waals surface area contributed by atoms with Crippen LogP contribution in [0.5, 0.6) is 0 Å². The van der Waals surface area contributed by atoms with Gasteiger partial charge < -0.3 is 4.90 Å². The maximum Gasteiger partial charge on any atom is 0.247 e. The lowest BCUT2D eigenvalue weighted by molar-refractivity contribution is -0.135. The van der Waals surface area contributed by atoms with Crippen molar-refractivity contribution in [3.05, 3.63) is 51.1 Å². The largest absolute Gasteiger partial charge is 0.330 e. The van der Waals surface area contributed by atoms with Gasteiger partial charge in [-0.3, -0.25) is 19.4 Å². The molecule has 1 aliphatic carbocycles. The minimum Gasteiger partial charge on any atom is -0.330 e. The lowest BCUT2D eigenvalue weighted by atomic mass is 10.2. The van der Waals surface area contributed by atoms with Crippen LogP contribution in [0, 0.1) is 0 Å². The maximum atomic E-state index is 13.1. The fourth-order valence-corrected chi connectivity index (χ4v) is 3.99. The molecule has 0 radical (unpaired) electrons. The number of nitrogens with zero attached hydrogens (tertiary/aromatic N) is 5. The lowest BCUT2D eigenvalue weighted by Gasteiger charge is -2.25. The van der Waals surface area contributed by atoms with Gasteiger partial charge in [-0.1, -0.05) is 0 Å². The van der Waals surface area contributed by atoms with Crippen molar-refractivity contribution in [3.8, 4) is 0 Å². The summed E-state index contributed by atoms with van der Waals surface area (Å²) in [5, 5.41) is 4.62. The van der Waals surface area contributed by atoms with E-state index in [0.29, 0.717) is 19.0 Å². The van der Waals surface area contributed by atoms with Gasteiger partial charge in [0.2, 0.25) is 5.91 Å². The molecule has 130 valence electrons. The molecule has 0 saturated heterocycles. The van der Waals surface area contributed by atoms with E-state index in [-0.39, 0.29) is 11.9 Å². The molecule has 0 N–H and O–H groups in total. The Morgan fingerprint density at radius 2 is 1.88 bits per heavy atom. The molecule has 1 saturated carbocycles. The van der Waals surface area contributed by atoms with Gasteiger partial charge in [0, 0.05) is 34.3 Å². The minimum atomic E-state index is -0.326. The van der Waals surface area contributed by atoms with E-state index in [4.69, 9.17) is 0 Å². The molecule has 4 rings (SSSR count). The van der Waals surface area contributed by atoms with Gasteiger partial charge in [0.25, 0.3) is 0 Å². The van der Waals surface area contributed by atoms with Gasteiger partial charge in [0.05, 0.1) is 29.8 Å². The van der Waals surface area contributed by atoms with E-state index in [1.165, 1.54) is 12.8 Å². The number of carbonyl (C=O) groups is 1.